The molecule has 154 valence electrons. The lowest BCUT2D eigenvalue weighted by Crippen LogP contribution is -2.48. The Morgan fingerprint density at radius 1 is 1.27 bits per heavy atom. The Balaban J connectivity index is 0.00000338. The van der Waals surface area contributed by atoms with Crippen LogP contribution in [0, 0.1) is 5.41 Å². The van der Waals surface area contributed by atoms with Gasteiger partial charge in [-0.3, -0.25) is 4.99 Å². The highest BCUT2D eigenvalue weighted by Gasteiger charge is 2.36. The maximum absolute atomic E-state index is 12.3. The van der Waals surface area contributed by atoms with Gasteiger partial charge in [-0.05, 0) is 24.7 Å². The lowest BCUT2D eigenvalue weighted by Gasteiger charge is -2.42. The van der Waals surface area contributed by atoms with Crippen LogP contribution in [0.1, 0.15) is 25.7 Å². The van der Waals surface area contributed by atoms with E-state index in [2.05, 4.69) is 15.6 Å². The van der Waals surface area contributed by atoms with Gasteiger partial charge >= 0.3 is 0 Å². The first-order valence-corrected chi connectivity index (χ1v) is 11.8. The van der Waals surface area contributed by atoms with E-state index in [1.807, 2.05) is 11.8 Å². The summed E-state index contributed by atoms with van der Waals surface area (Å²) in [6.07, 6.45) is 4.74. The zero-order valence-corrected chi connectivity index (χ0v) is 19.8. The fourth-order valence-electron chi connectivity index (χ4n) is 3.25. The van der Waals surface area contributed by atoms with E-state index >= 15 is 0 Å². The van der Waals surface area contributed by atoms with Gasteiger partial charge in [-0.25, -0.2) is 12.7 Å². The number of thioether (sulfide) groups is 1. The summed E-state index contributed by atoms with van der Waals surface area (Å²) in [5.41, 5.74) is 0.297. The average Bonchev–Trinajstić information content (AvgIpc) is 2.59. The van der Waals surface area contributed by atoms with E-state index < -0.39 is 10.0 Å². The maximum atomic E-state index is 12.3. The van der Waals surface area contributed by atoms with Crippen LogP contribution in [0.15, 0.2) is 4.99 Å². The molecule has 0 aromatic carbocycles. The maximum Gasteiger partial charge on any atom is 0.215 e. The quantitative estimate of drug-likeness (QED) is 0.272. The van der Waals surface area contributed by atoms with Crippen molar-refractivity contribution in [1.82, 2.24) is 14.9 Å². The first kappa shape index (κ1) is 24.3. The van der Waals surface area contributed by atoms with Gasteiger partial charge < -0.3 is 15.4 Å². The fourth-order valence-corrected chi connectivity index (χ4v) is 5.75. The summed E-state index contributed by atoms with van der Waals surface area (Å²) in [5.74, 6) is 2.56. The van der Waals surface area contributed by atoms with Crippen LogP contribution in [0.25, 0.3) is 0 Å². The molecule has 1 aliphatic carbocycles. The Bertz CT molecular complexity index is 536. The second kappa shape index (κ2) is 11.9. The van der Waals surface area contributed by atoms with Crippen LogP contribution in [0.4, 0.5) is 0 Å². The van der Waals surface area contributed by atoms with Crippen molar-refractivity contribution in [2.24, 2.45) is 10.4 Å². The number of nitrogens with one attached hydrogen (secondary N) is 2. The van der Waals surface area contributed by atoms with Crippen molar-refractivity contribution in [2.75, 3.05) is 64.2 Å². The summed E-state index contributed by atoms with van der Waals surface area (Å²) in [4.78, 5) is 4.21. The molecule has 0 bridgehead atoms. The molecule has 2 fully saturated rings. The van der Waals surface area contributed by atoms with Gasteiger partial charge in [0.05, 0.1) is 5.75 Å². The van der Waals surface area contributed by atoms with Gasteiger partial charge in [-0.2, -0.15) is 11.8 Å². The van der Waals surface area contributed by atoms with Gasteiger partial charge in [0.25, 0.3) is 0 Å². The third-order valence-electron chi connectivity index (χ3n) is 5.12. The number of ether oxygens (including phenoxy) is 1. The Morgan fingerprint density at radius 2 is 1.96 bits per heavy atom. The Morgan fingerprint density at radius 3 is 2.50 bits per heavy atom. The van der Waals surface area contributed by atoms with Crippen molar-refractivity contribution in [3.8, 4) is 0 Å². The molecule has 0 radical (unpaired) electrons. The highest BCUT2D eigenvalue weighted by Crippen LogP contribution is 2.43. The standard InChI is InChI=1S/C16H32N4O3S2.HI/c1-17-15(19-14-16(4-3-5-16)6-10-23-2)18-7-13-25(21,22)20-8-11-24-12-9-20;/h3-14H2,1-2H3,(H2,17,18,19);1H. The van der Waals surface area contributed by atoms with E-state index in [4.69, 9.17) is 4.74 Å². The van der Waals surface area contributed by atoms with E-state index in [0.29, 0.717) is 31.0 Å². The van der Waals surface area contributed by atoms with Gasteiger partial charge in [-0.15, -0.1) is 24.0 Å². The van der Waals surface area contributed by atoms with Gasteiger partial charge in [-0.1, -0.05) is 6.42 Å². The van der Waals surface area contributed by atoms with Crippen LogP contribution in [-0.2, 0) is 14.8 Å². The number of guanidine groups is 1. The Kier molecular flexibility index (Phi) is 11.1. The molecule has 1 aliphatic heterocycles. The summed E-state index contributed by atoms with van der Waals surface area (Å²) < 4.78 is 31.5. The average molecular weight is 521 g/mol. The topological polar surface area (TPSA) is 83.0 Å². The van der Waals surface area contributed by atoms with Gasteiger partial charge in [0.2, 0.25) is 10.0 Å². The normalized spacial score (nSPS) is 20.8. The second-order valence-electron chi connectivity index (χ2n) is 6.78. The number of nitrogens with zero attached hydrogens (tertiary/aromatic N) is 2. The fraction of sp³-hybridized carbons (Fsp3) is 0.938. The number of sulfonamides is 1. The number of halogens is 1. The van der Waals surface area contributed by atoms with Crippen molar-refractivity contribution in [3.63, 3.8) is 0 Å². The minimum Gasteiger partial charge on any atom is -0.385 e. The Labute approximate surface area is 179 Å². The molecule has 26 heavy (non-hydrogen) atoms. The minimum absolute atomic E-state index is 0. The predicted molar refractivity (Wildman–Crippen MR) is 120 cm³/mol. The molecular weight excluding hydrogens is 487 g/mol. The molecule has 1 saturated carbocycles. The largest absolute Gasteiger partial charge is 0.385 e. The molecule has 0 unspecified atom stereocenters. The van der Waals surface area contributed by atoms with Crippen LogP contribution in [0.2, 0.25) is 0 Å². The third kappa shape index (κ3) is 7.33. The van der Waals surface area contributed by atoms with E-state index in [9.17, 15) is 8.42 Å². The lowest BCUT2D eigenvalue weighted by atomic mass is 9.67. The molecule has 2 rings (SSSR count). The molecule has 0 amide bonds. The van der Waals surface area contributed by atoms with Crippen molar-refractivity contribution in [3.05, 3.63) is 0 Å². The molecule has 1 heterocycles. The molecule has 1 saturated heterocycles. The molecule has 2 aliphatic rings. The van der Waals surface area contributed by atoms with Crippen molar-refractivity contribution in [2.45, 2.75) is 25.7 Å². The van der Waals surface area contributed by atoms with E-state index in [1.54, 1.807) is 18.5 Å². The van der Waals surface area contributed by atoms with Crippen LogP contribution < -0.4 is 10.6 Å². The van der Waals surface area contributed by atoms with Crippen LogP contribution in [-0.4, -0.2) is 82.9 Å². The zero-order chi connectivity index (χ0) is 18.2. The molecule has 0 spiro atoms. The second-order valence-corrected chi connectivity index (χ2v) is 10.1. The molecular formula is C16H33IN4O3S2. The molecule has 0 aromatic rings. The summed E-state index contributed by atoms with van der Waals surface area (Å²) >= 11 is 1.81. The third-order valence-corrected chi connectivity index (χ3v) is 7.94. The summed E-state index contributed by atoms with van der Waals surface area (Å²) in [5, 5.41) is 6.50. The van der Waals surface area contributed by atoms with Crippen molar-refractivity contribution >= 4 is 51.7 Å². The molecule has 0 aromatic heterocycles. The number of methoxy groups -OCH3 is 1. The number of rotatable bonds is 9. The number of hydrogen-bond donors (Lipinski definition) is 2. The van der Waals surface area contributed by atoms with E-state index in [0.717, 1.165) is 31.1 Å². The number of hydrogen-bond acceptors (Lipinski definition) is 5. The number of aliphatic imine (C=N–C) groups is 1. The van der Waals surface area contributed by atoms with E-state index in [1.165, 1.54) is 19.3 Å². The summed E-state index contributed by atoms with van der Waals surface area (Å²) in [6.45, 7) is 3.26. The van der Waals surface area contributed by atoms with Gasteiger partial charge in [0.15, 0.2) is 5.96 Å². The smallest absolute Gasteiger partial charge is 0.215 e. The van der Waals surface area contributed by atoms with Crippen LogP contribution >= 0.6 is 35.7 Å². The summed E-state index contributed by atoms with van der Waals surface area (Å²) in [7, 11) is 0.277. The lowest BCUT2D eigenvalue weighted by molar-refractivity contribution is 0.0733. The first-order chi connectivity index (χ1) is 12.0. The Hall–Kier alpha value is 0.220. The monoisotopic (exact) mass is 520 g/mol. The van der Waals surface area contributed by atoms with Crippen molar-refractivity contribution in [1.29, 1.82) is 0 Å². The highest BCUT2D eigenvalue weighted by molar-refractivity contribution is 14.0. The van der Waals surface area contributed by atoms with Gasteiger partial charge in [0, 0.05) is 58.4 Å². The van der Waals surface area contributed by atoms with Crippen LogP contribution in [0.5, 0.6) is 0 Å². The molecule has 2 N–H and O–H groups in total. The molecule has 10 heteroatoms. The summed E-state index contributed by atoms with van der Waals surface area (Å²) in [6, 6.07) is 0. The first-order valence-electron chi connectivity index (χ1n) is 9.00. The minimum atomic E-state index is -3.18. The van der Waals surface area contributed by atoms with E-state index in [-0.39, 0.29) is 29.7 Å². The SMILES string of the molecule is CN=C(NCCS(=O)(=O)N1CCSCC1)NCC1(CCOC)CCC1.I. The molecule has 7 nitrogen and oxygen atoms in total. The van der Waals surface area contributed by atoms with Crippen molar-refractivity contribution < 1.29 is 13.2 Å². The van der Waals surface area contributed by atoms with Crippen LogP contribution in [0.3, 0.4) is 0 Å². The zero-order valence-electron chi connectivity index (χ0n) is 15.8. The molecule has 0 atom stereocenters. The predicted octanol–water partition coefficient (Wildman–Crippen LogP) is 1.35. The highest BCUT2D eigenvalue weighted by atomic mass is 127. The van der Waals surface area contributed by atoms with Gasteiger partial charge in [0.1, 0.15) is 0 Å².